The van der Waals surface area contributed by atoms with Crippen molar-refractivity contribution in [2.75, 3.05) is 33.8 Å². The molecule has 1 atom stereocenters. The SMILES string of the molecule is Cc1ncoc1C(=O)N1CCOC(Cc2cccc(-c3ccccc3)c2)(C(=O)N(C)C)C1. The van der Waals surface area contributed by atoms with E-state index < -0.39 is 5.60 Å². The van der Waals surface area contributed by atoms with E-state index in [-0.39, 0.29) is 30.7 Å². The first-order valence-corrected chi connectivity index (χ1v) is 10.6. The summed E-state index contributed by atoms with van der Waals surface area (Å²) < 4.78 is 11.4. The number of nitrogens with zero attached hydrogens (tertiary/aromatic N) is 3. The van der Waals surface area contributed by atoms with Crippen LogP contribution in [0.25, 0.3) is 11.1 Å². The van der Waals surface area contributed by atoms with Gasteiger partial charge in [-0.05, 0) is 23.6 Å². The molecular weight excluding hydrogens is 406 g/mol. The summed E-state index contributed by atoms with van der Waals surface area (Å²) >= 11 is 0. The number of carbonyl (C=O) groups is 2. The molecule has 1 aliphatic rings. The van der Waals surface area contributed by atoms with Gasteiger partial charge in [-0.2, -0.15) is 0 Å². The van der Waals surface area contributed by atoms with Crippen molar-refractivity contribution in [2.24, 2.45) is 0 Å². The first-order valence-electron chi connectivity index (χ1n) is 10.6. The Morgan fingerprint density at radius 2 is 1.84 bits per heavy atom. The maximum Gasteiger partial charge on any atom is 0.291 e. The lowest BCUT2D eigenvalue weighted by Gasteiger charge is -2.42. The molecule has 2 amide bonds. The number of rotatable bonds is 5. The first kappa shape index (κ1) is 21.8. The molecule has 0 saturated carbocycles. The van der Waals surface area contributed by atoms with Gasteiger partial charge in [-0.25, -0.2) is 4.98 Å². The van der Waals surface area contributed by atoms with Crippen molar-refractivity contribution in [3.8, 4) is 11.1 Å². The maximum absolute atomic E-state index is 13.3. The Morgan fingerprint density at radius 3 is 2.53 bits per heavy atom. The predicted octanol–water partition coefficient (Wildman–Crippen LogP) is 3.19. The second-order valence-electron chi connectivity index (χ2n) is 8.28. The molecule has 1 fully saturated rings. The van der Waals surface area contributed by atoms with Crippen LogP contribution < -0.4 is 0 Å². The molecule has 2 heterocycles. The zero-order valence-corrected chi connectivity index (χ0v) is 18.6. The van der Waals surface area contributed by atoms with Gasteiger partial charge < -0.3 is 19.0 Å². The van der Waals surface area contributed by atoms with E-state index in [1.165, 1.54) is 11.3 Å². The Labute approximate surface area is 187 Å². The summed E-state index contributed by atoms with van der Waals surface area (Å²) in [6.07, 6.45) is 1.61. The topological polar surface area (TPSA) is 75.9 Å². The fourth-order valence-corrected chi connectivity index (χ4v) is 4.15. The molecule has 7 nitrogen and oxygen atoms in total. The smallest absolute Gasteiger partial charge is 0.291 e. The van der Waals surface area contributed by atoms with Crippen molar-refractivity contribution >= 4 is 11.8 Å². The van der Waals surface area contributed by atoms with E-state index in [0.29, 0.717) is 18.7 Å². The van der Waals surface area contributed by atoms with Crippen LogP contribution in [0.15, 0.2) is 65.4 Å². The van der Waals surface area contributed by atoms with Crippen molar-refractivity contribution in [1.29, 1.82) is 0 Å². The van der Waals surface area contributed by atoms with Gasteiger partial charge in [-0.3, -0.25) is 9.59 Å². The van der Waals surface area contributed by atoms with E-state index in [4.69, 9.17) is 9.15 Å². The lowest BCUT2D eigenvalue weighted by molar-refractivity contribution is -0.165. The van der Waals surface area contributed by atoms with Gasteiger partial charge >= 0.3 is 0 Å². The summed E-state index contributed by atoms with van der Waals surface area (Å²) in [6.45, 7) is 2.51. The number of carbonyl (C=O) groups excluding carboxylic acids is 2. The molecule has 1 saturated heterocycles. The minimum atomic E-state index is -1.18. The van der Waals surface area contributed by atoms with Crippen LogP contribution in [0.5, 0.6) is 0 Å². The van der Waals surface area contributed by atoms with E-state index in [1.54, 1.807) is 25.9 Å². The van der Waals surface area contributed by atoms with Crippen molar-refractivity contribution < 1.29 is 18.7 Å². The molecule has 4 rings (SSSR count). The second kappa shape index (κ2) is 8.96. The Balaban J connectivity index is 1.65. The highest BCUT2D eigenvalue weighted by atomic mass is 16.5. The van der Waals surface area contributed by atoms with E-state index in [0.717, 1.165) is 16.7 Å². The minimum absolute atomic E-state index is 0.137. The molecule has 1 unspecified atom stereocenters. The lowest BCUT2D eigenvalue weighted by Crippen LogP contribution is -2.61. The molecule has 3 aromatic rings. The van der Waals surface area contributed by atoms with Crippen molar-refractivity contribution in [2.45, 2.75) is 18.9 Å². The molecule has 1 aliphatic heterocycles. The van der Waals surface area contributed by atoms with Gasteiger partial charge in [0.25, 0.3) is 11.8 Å². The number of likely N-dealkylation sites (N-methyl/N-ethyl adjacent to an activating group) is 1. The third-order valence-electron chi connectivity index (χ3n) is 5.73. The number of oxazole rings is 1. The van der Waals surface area contributed by atoms with Crippen LogP contribution in [0.4, 0.5) is 0 Å². The van der Waals surface area contributed by atoms with E-state index >= 15 is 0 Å². The standard InChI is InChI=1S/C25H27N3O4/c1-18-22(31-17-26-18)23(29)28-12-13-32-25(16-28,24(30)27(2)3)15-19-8-7-11-21(14-19)20-9-5-4-6-10-20/h4-11,14,17H,12-13,15-16H2,1-3H3. The number of amides is 2. The Bertz CT molecular complexity index is 1110. The van der Waals surface area contributed by atoms with E-state index in [1.807, 2.05) is 36.4 Å². The van der Waals surface area contributed by atoms with Crippen LogP contribution in [-0.2, 0) is 16.0 Å². The molecule has 0 bridgehead atoms. The molecule has 166 valence electrons. The number of ether oxygens (including phenoxy) is 1. The molecule has 0 spiro atoms. The lowest BCUT2D eigenvalue weighted by atomic mass is 9.89. The highest BCUT2D eigenvalue weighted by molar-refractivity contribution is 5.94. The quantitative estimate of drug-likeness (QED) is 0.618. The van der Waals surface area contributed by atoms with Crippen LogP contribution in [0.2, 0.25) is 0 Å². The summed E-state index contributed by atoms with van der Waals surface area (Å²) in [5, 5.41) is 0. The van der Waals surface area contributed by atoms with Gasteiger partial charge in [0, 0.05) is 27.1 Å². The van der Waals surface area contributed by atoms with Gasteiger partial charge in [-0.1, -0.05) is 54.6 Å². The molecule has 0 N–H and O–H groups in total. The van der Waals surface area contributed by atoms with Crippen molar-refractivity contribution in [3.05, 3.63) is 78.0 Å². The number of hydrogen-bond donors (Lipinski definition) is 0. The van der Waals surface area contributed by atoms with Crippen LogP contribution in [0, 0.1) is 6.92 Å². The third kappa shape index (κ3) is 4.29. The first-order chi connectivity index (χ1) is 15.4. The monoisotopic (exact) mass is 433 g/mol. The normalized spacial score (nSPS) is 18.4. The summed E-state index contributed by atoms with van der Waals surface area (Å²) in [6, 6.07) is 18.2. The van der Waals surface area contributed by atoms with Crippen LogP contribution in [0.3, 0.4) is 0 Å². The number of aryl methyl sites for hydroxylation is 1. The fourth-order valence-electron chi connectivity index (χ4n) is 4.15. The Hall–Kier alpha value is -3.45. The van der Waals surface area contributed by atoms with Crippen molar-refractivity contribution in [3.63, 3.8) is 0 Å². The maximum atomic E-state index is 13.3. The van der Waals surface area contributed by atoms with Crippen LogP contribution in [0.1, 0.15) is 21.8 Å². The minimum Gasteiger partial charge on any atom is -0.438 e. The zero-order chi connectivity index (χ0) is 22.7. The van der Waals surface area contributed by atoms with E-state index in [2.05, 4.69) is 23.2 Å². The molecule has 0 radical (unpaired) electrons. The molecule has 0 aliphatic carbocycles. The second-order valence-corrected chi connectivity index (χ2v) is 8.28. The molecular formula is C25H27N3O4. The Morgan fingerprint density at radius 1 is 1.09 bits per heavy atom. The number of benzene rings is 2. The largest absolute Gasteiger partial charge is 0.438 e. The molecule has 32 heavy (non-hydrogen) atoms. The van der Waals surface area contributed by atoms with Crippen LogP contribution in [-0.4, -0.2) is 66.0 Å². The van der Waals surface area contributed by atoms with Crippen LogP contribution >= 0.6 is 0 Å². The third-order valence-corrected chi connectivity index (χ3v) is 5.73. The predicted molar refractivity (Wildman–Crippen MR) is 120 cm³/mol. The van der Waals surface area contributed by atoms with Gasteiger partial charge in [0.2, 0.25) is 5.76 Å². The van der Waals surface area contributed by atoms with Gasteiger partial charge in [0.15, 0.2) is 12.0 Å². The zero-order valence-electron chi connectivity index (χ0n) is 18.6. The molecule has 2 aromatic carbocycles. The van der Waals surface area contributed by atoms with Gasteiger partial charge in [0.1, 0.15) is 0 Å². The van der Waals surface area contributed by atoms with E-state index in [9.17, 15) is 9.59 Å². The summed E-state index contributed by atoms with van der Waals surface area (Å²) in [7, 11) is 3.41. The average Bonchev–Trinajstić information content (AvgIpc) is 3.24. The highest BCUT2D eigenvalue weighted by Gasteiger charge is 2.46. The number of aromatic nitrogens is 1. The summed E-state index contributed by atoms with van der Waals surface area (Å²) in [5.41, 5.74) is 2.48. The summed E-state index contributed by atoms with van der Waals surface area (Å²) in [5.74, 6) is -0.254. The summed E-state index contributed by atoms with van der Waals surface area (Å²) in [4.78, 5) is 33.6. The highest BCUT2D eigenvalue weighted by Crippen LogP contribution is 2.29. The fraction of sp³-hybridized carbons (Fsp3) is 0.320. The number of morpholine rings is 1. The van der Waals surface area contributed by atoms with Crippen molar-refractivity contribution in [1.82, 2.24) is 14.8 Å². The average molecular weight is 434 g/mol. The van der Waals surface area contributed by atoms with Gasteiger partial charge in [0.05, 0.1) is 18.8 Å². The molecule has 7 heteroatoms. The Kier molecular flexibility index (Phi) is 6.10. The van der Waals surface area contributed by atoms with Gasteiger partial charge in [-0.15, -0.1) is 0 Å². The molecule has 1 aromatic heterocycles. The number of hydrogen-bond acceptors (Lipinski definition) is 5.